The molecule has 0 saturated heterocycles. The van der Waals surface area contributed by atoms with Crippen molar-refractivity contribution in [1.29, 1.82) is 0 Å². The van der Waals surface area contributed by atoms with Gasteiger partial charge in [0.05, 0.1) is 5.56 Å². The van der Waals surface area contributed by atoms with E-state index in [0.29, 0.717) is 6.42 Å². The molecule has 0 saturated carbocycles. The molecule has 1 aromatic carbocycles. The fourth-order valence-corrected chi connectivity index (χ4v) is 1.49. The third kappa shape index (κ3) is 3.24. The van der Waals surface area contributed by atoms with Gasteiger partial charge in [0.15, 0.2) is 6.16 Å². The van der Waals surface area contributed by atoms with Gasteiger partial charge in [-0.3, -0.25) is 0 Å². The van der Waals surface area contributed by atoms with E-state index in [9.17, 15) is 9.36 Å². The van der Waals surface area contributed by atoms with Crippen LogP contribution in [-0.4, -0.2) is 22.1 Å². The van der Waals surface area contributed by atoms with Crippen molar-refractivity contribution >= 4 is 14.0 Å². The van der Waals surface area contributed by atoms with E-state index in [1.54, 1.807) is 12.1 Å². The molecule has 74 valence electrons. The lowest BCUT2D eigenvalue weighted by molar-refractivity contribution is 0.0697. The molecule has 0 amide bonds. The minimum atomic E-state index is -2.11. The Balaban J connectivity index is 2.64. The highest BCUT2D eigenvalue weighted by atomic mass is 31.1. The van der Waals surface area contributed by atoms with E-state index in [0.717, 1.165) is 5.56 Å². The minimum absolute atomic E-state index is 0.210. The second-order valence-electron chi connectivity index (χ2n) is 2.83. The van der Waals surface area contributed by atoms with Crippen molar-refractivity contribution in [3.05, 3.63) is 35.4 Å². The topological polar surface area (TPSA) is 74.6 Å². The number of carbonyl (C=O) groups is 1. The molecule has 0 fully saturated rings. The number of hydrogen-bond donors (Lipinski definition) is 2. The first kappa shape index (κ1) is 10.8. The Morgan fingerprint density at radius 1 is 1.29 bits per heavy atom. The van der Waals surface area contributed by atoms with Gasteiger partial charge in [-0.15, -0.1) is 0 Å². The van der Waals surface area contributed by atoms with E-state index in [1.807, 2.05) is 0 Å². The Morgan fingerprint density at radius 3 is 2.29 bits per heavy atom. The average molecular weight is 213 g/mol. The van der Waals surface area contributed by atoms with Gasteiger partial charge in [0.2, 0.25) is 0 Å². The molecule has 0 aliphatic heterocycles. The zero-order chi connectivity index (χ0) is 10.6. The zero-order valence-electron chi connectivity index (χ0n) is 7.38. The van der Waals surface area contributed by atoms with Gasteiger partial charge in [0, 0.05) is 6.42 Å². The maximum absolute atomic E-state index is 10.5. The number of carboxylic acid groups (broad SMARTS) is 1. The fraction of sp³-hybridized carbons (Fsp3) is 0.222. The van der Waals surface area contributed by atoms with E-state index in [1.165, 1.54) is 12.1 Å². The van der Waals surface area contributed by atoms with Crippen LogP contribution in [0.2, 0.25) is 0 Å². The van der Waals surface area contributed by atoms with Crippen molar-refractivity contribution in [2.45, 2.75) is 6.42 Å². The van der Waals surface area contributed by atoms with Gasteiger partial charge in [0.25, 0.3) is 0 Å². The summed E-state index contributed by atoms with van der Waals surface area (Å²) in [6.45, 7) is 0. The minimum Gasteiger partial charge on any atom is -0.478 e. The van der Waals surface area contributed by atoms with E-state index in [4.69, 9.17) is 10.00 Å². The molecule has 0 spiro atoms. The van der Waals surface area contributed by atoms with Crippen molar-refractivity contribution in [3.8, 4) is 0 Å². The van der Waals surface area contributed by atoms with Gasteiger partial charge >= 0.3 is 14.0 Å². The summed E-state index contributed by atoms with van der Waals surface area (Å²) in [6, 6.07) is 6.29. The summed E-state index contributed by atoms with van der Waals surface area (Å²) >= 11 is 0. The molecular formula is C9H10O4P+. The normalized spacial score (nSPS) is 11.1. The molecule has 1 rings (SSSR count). The maximum atomic E-state index is 10.5. The highest BCUT2D eigenvalue weighted by Gasteiger charge is 2.10. The molecule has 2 N–H and O–H groups in total. The van der Waals surface area contributed by atoms with Gasteiger partial charge in [-0.25, -0.2) is 4.79 Å². The van der Waals surface area contributed by atoms with Gasteiger partial charge in [-0.2, -0.15) is 4.89 Å². The van der Waals surface area contributed by atoms with Crippen molar-refractivity contribution in [3.63, 3.8) is 0 Å². The summed E-state index contributed by atoms with van der Waals surface area (Å²) in [6.07, 6.45) is 0.702. The van der Waals surface area contributed by atoms with Gasteiger partial charge < -0.3 is 5.11 Å². The molecule has 5 heteroatoms. The highest BCUT2D eigenvalue weighted by molar-refractivity contribution is 7.37. The Hall–Kier alpha value is -1.25. The zero-order valence-corrected chi connectivity index (χ0v) is 8.28. The summed E-state index contributed by atoms with van der Waals surface area (Å²) in [5, 5.41) is 8.61. The molecule has 0 aromatic heterocycles. The number of benzene rings is 1. The third-order valence-corrected chi connectivity index (χ3v) is 2.40. The van der Waals surface area contributed by atoms with E-state index in [-0.39, 0.29) is 11.7 Å². The molecular weight excluding hydrogens is 203 g/mol. The predicted octanol–water partition coefficient (Wildman–Crippen LogP) is 1.66. The molecule has 0 aliphatic rings. The SMILES string of the molecule is O=C(O)c1ccc(CC[P+](=O)O)cc1. The molecule has 0 bridgehead atoms. The van der Waals surface area contributed by atoms with Crippen molar-refractivity contribution in [2.24, 2.45) is 0 Å². The largest absolute Gasteiger partial charge is 0.505 e. The fourth-order valence-electron chi connectivity index (χ4n) is 1.04. The molecule has 0 radical (unpaired) electrons. The van der Waals surface area contributed by atoms with Gasteiger partial charge in [0.1, 0.15) is 0 Å². The van der Waals surface area contributed by atoms with Gasteiger partial charge in [-0.05, 0) is 22.3 Å². The van der Waals surface area contributed by atoms with Crippen LogP contribution < -0.4 is 0 Å². The van der Waals surface area contributed by atoms with Crippen LogP contribution in [0.25, 0.3) is 0 Å². The second kappa shape index (κ2) is 4.84. The summed E-state index contributed by atoms with van der Waals surface area (Å²) in [5.74, 6) is -0.968. The van der Waals surface area contributed by atoms with Crippen LogP contribution in [0, 0.1) is 0 Å². The molecule has 1 atom stereocenters. The first-order valence-electron chi connectivity index (χ1n) is 4.05. The molecule has 0 aliphatic carbocycles. The van der Waals surface area contributed by atoms with Gasteiger partial charge in [-0.1, -0.05) is 12.1 Å². The van der Waals surface area contributed by atoms with Crippen LogP contribution in [0.3, 0.4) is 0 Å². The number of aromatic carboxylic acids is 1. The monoisotopic (exact) mass is 213 g/mol. The van der Waals surface area contributed by atoms with Crippen LogP contribution in [0.5, 0.6) is 0 Å². The molecule has 1 unspecified atom stereocenters. The lowest BCUT2D eigenvalue weighted by Crippen LogP contribution is -1.96. The number of rotatable bonds is 4. The predicted molar refractivity (Wildman–Crippen MR) is 51.8 cm³/mol. The van der Waals surface area contributed by atoms with Crippen LogP contribution in [-0.2, 0) is 11.0 Å². The van der Waals surface area contributed by atoms with E-state index >= 15 is 0 Å². The van der Waals surface area contributed by atoms with Crippen LogP contribution in [0.4, 0.5) is 0 Å². The average Bonchev–Trinajstić information content (AvgIpc) is 2.15. The second-order valence-corrected chi connectivity index (χ2v) is 3.98. The van der Waals surface area contributed by atoms with E-state index < -0.39 is 14.0 Å². The Labute approximate surface area is 82.1 Å². The molecule has 0 heterocycles. The Morgan fingerprint density at radius 2 is 1.86 bits per heavy atom. The number of hydrogen-bond acceptors (Lipinski definition) is 2. The third-order valence-electron chi connectivity index (χ3n) is 1.79. The quantitative estimate of drug-likeness (QED) is 0.746. The van der Waals surface area contributed by atoms with E-state index in [2.05, 4.69) is 0 Å². The molecule has 14 heavy (non-hydrogen) atoms. The van der Waals surface area contributed by atoms with Crippen molar-refractivity contribution in [2.75, 3.05) is 6.16 Å². The standard InChI is InChI=1S/C9H9O4P/c10-9(11)8-3-1-7(2-4-8)5-6-14(12)13/h1-4H,5-6H2,(H-,10,11,12,13)/p+1. The summed E-state index contributed by atoms with van der Waals surface area (Å²) in [5.41, 5.74) is 1.09. The number of aryl methyl sites for hydroxylation is 1. The highest BCUT2D eigenvalue weighted by Crippen LogP contribution is 2.15. The van der Waals surface area contributed by atoms with Crippen molar-refractivity contribution < 1.29 is 19.4 Å². The molecule has 4 nitrogen and oxygen atoms in total. The van der Waals surface area contributed by atoms with Crippen LogP contribution >= 0.6 is 8.03 Å². The smallest absolute Gasteiger partial charge is 0.478 e. The lowest BCUT2D eigenvalue weighted by Gasteiger charge is -1.96. The Bertz CT molecular complexity index is 344. The Kier molecular flexibility index (Phi) is 3.74. The molecule has 1 aromatic rings. The van der Waals surface area contributed by atoms with Crippen LogP contribution in [0.15, 0.2) is 24.3 Å². The van der Waals surface area contributed by atoms with Crippen LogP contribution in [0.1, 0.15) is 15.9 Å². The van der Waals surface area contributed by atoms with Crippen molar-refractivity contribution in [1.82, 2.24) is 0 Å². The maximum Gasteiger partial charge on any atom is 0.505 e. The summed E-state index contributed by atoms with van der Waals surface area (Å²) in [7, 11) is -2.11. The number of carboxylic acids is 1. The summed E-state index contributed by atoms with van der Waals surface area (Å²) in [4.78, 5) is 19.1. The summed E-state index contributed by atoms with van der Waals surface area (Å²) < 4.78 is 10.4. The first-order chi connectivity index (χ1) is 6.59. The lowest BCUT2D eigenvalue weighted by atomic mass is 10.1. The first-order valence-corrected chi connectivity index (χ1v) is 5.45.